The lowest BCUT2D eigenvalue weighted by atomic mass is 10.1. The van der Waals surface area contributed by atoms with E-state index < -0.39 is 5.97 Å². The van der Waals surface area contributed by atoms with Crippen LogP contribution in [0.3, 0.4) is 0 Å². The first-order valence-electron chi connectivity index (χ1n) is 7.43. The van der Waals surface area contributed by atoms with Crippen molar-refractivity contribution >= 4 is 17.9 Å². The molecule has 0 bridgehead atoms. The van der Waals surface area contributed by atoms with Crippen LogP contribution in [0.1, 0.15) is 39.5 Å². The first-order valence-corrected chi connectivity index (χ1v) is 7.43. The molecule has 1 rings (SSSR count). The summed E-state index contributed by atoms with van der Waals surface area (Å²) >= 11 is 0. The van der Waals surface area contributed by atoms with Crippen LogP contribution in [0.25, 0.3) is 0 Å². The first-order chi connectivity index (χ1) is 9.90. The van der Waals surface area contributed by atoms with Crippen LogP contribution in [0.2, 0.25) is 0 Å². The van der Waals surface area contributed by atoms with E-state index in [1.807, 2.05) is 6.92 Å². The number of rotatable bonds is 5. The molecule has 3 amide bonds. The molecule has 0 aromatic heterocycles. The van der Waals surface area contributed by atoms with Gasteiger partial charge in [-0.1, -0.05) is 0 Å². The molecule has 1 atom stereocenters. The van der Waals surface area contributed by atoms with Gasteiger partial charge in [-0.05, 0) is 26.2 Å². The van der Waals surface area contributed by atoms with E-state index in [0.717, 1.165) is 6.42 Å². The number of hydrogen-bond donors (Lipinski definition) is 2. The largest absolute Gasteiger partial charge is 0.481 e. The number of hydrogen-bond acceptors (Lipinski definition) is 3. The summed E-state index contributed by atoms with van der Waals surface area (Å²) in [6.45, 7) is 5.84. The highest BCUT2D eigenvalue weighted by Crippen LogP contribution is 2.06. The SMILES string of the molecule is CC(=O)N1CCCN(C(=O)NC(C)CCCC(=O)O)CC1. The van der Waals surface area contributed by atoms with Crippen LogP contribution in [0.4, 0.5) is 4.79 Å². The predicted molar refractivity (Wildman–Crippen MR) is 77.9 cm³/mol. The van der Waals surface area contributed by atoms with Crippen molar-refractivity contribution in [3.8, 4) is 0 Å². The summed E-state index contributed by atoms with van der Waals surface area (Å²) in [4.78, 5) is 37.4. The van der Waals surface area contributed by atoms with E-state index in [4.69, 9.17) is 5.11 Å². The second-order valence-electron chi connectivity index (χ2n) is 5.48. The van der Waals surface area contributed by atoms with E-state index >= 15 is 0 Å². The van der Waals surface area contributed by atoms with Gasteiger partial charge in [-0.3, -0.25) is 9.59 Å². The molecule has 0 aromatic rings. The number of urea groups is 1. The van der Waals surface area contributed by atoms with E-state index in [1.54, 1.807) is 16.7 Å². The molecule has 2 N–H and O–H groups in total. The van der Waals surface area contributed by atoms with Crippen molar-refractivity contribution in [2.45, 2.75) is 45.6 Å². The van der Waals surface area contributed by atoms with Gasteiger partial charge in [-0.2, -0.15) is 0 Å². The zero-order valence-corrected chi connectivity index (χ0v) is 12.8. The Labute approximate surface area is 125 Å². The third-order valence-corrected chi connectivity index (χ3v) is 3.63. The lowest BCUT2D eigenvalue weighted by molar-refractivity contribution is -0.137. The van der Waals surface area contributed by atoms with Crippen LogP contribution < -0.4 is 5.32 Å². The number of nitrogens with one attached hydrogen (secondary N) is 1. The van der Waals surface area contributed by atoms with Gasteiger partial charge >= 0.3 is 12.0 Å². The van der Waals surface area contributed by atoms with E-state index in [1.165, 1.54) is 0 Å². The Kier molecular flexibility index (Phi) is 6.98. The molecule has 1 fully saturated rings. The minimum atomic E-state index is -0.814. The molecule has 1 aliphatic heterocycles. The normalized spacial score (nSPS) is 17.0. The van der Waals surface area contributed by atoms with Crippen molar-refractivity contribution < 1.29 is 19.5 Å². The molecule has 7 heteroatoms. The monoisotopic (exact) mass is 299 g/mol. The summed E-state index contributed by atoms with van der Waals surface area (Å²) < 4.78 is 0. The molecule has 1 heterocycles. The van der Waals surface area contributed by atoms with Gasteiger partial charge in [0.1, 0.15) is 0 Å². The Hall–Kier alpha value is -1.79. The fourth-order valence-electron chi connectivity index (χ4n) is 2.37. The zero-order valence-electron chi connectivity index (χ0n) is 12.8. The summed E-state index contributed by atoms with van der Waals surface area (Å²) in [6.07, 6.45) is 2.10. The Morgan fingerprint density at radius 3 is 2.38 bits per heavy atom. The standard InChI is InChI=1S/C14H25N3O4/c1-11(5-3-6-13(19)20)15-14(21)17-8-4-7-16(9-10-17)12(2)18/h11H,3-10H2,1-2H3,(H,15,21)(H,19,20). The van der Waals surface area contributed by atoms with Gasteiger partial charge in [0.15, 0.2) is 0 Å². The molecule has 0 spiro atoms. The quantitative estimate of drug-likeness (QED) is 0.789. The number of amides is 3. The highest BCUT2D eigenvalue weighted by molar-refractivity contribution is 5.75. The lowest BCUT2D eigenvalue weighted by Crippen LogP contribution is -2.45. The third-order valence-electron chi connectivity index (χ3n) is 3.63. The maximum absolute atomic E-state index is 12.1. The molecule has 0 radical (unpaired) electrons. The van der Waals surface area contributed by atoms with Crippen molar-refractivity contribution in [2.75, 3.05) is 26.2 Å². The fourth-order valence-corrected chi connectivity index (χ4v) is 2.37. The van der Waals surface area contributed by atoms with Gasteiger partial charge in [0.25, 0.3) is 0 Å². The highest BCUT2D eigenvalue weighted by atomic mass is 16.4. The molecule has 0 saturated carbocycles. The van der Waals surface area contributed by atoms with Gasteiger partial charge in [-0.15, -0.1) is 0 Å². The molecular weight excluding hydrogens is 274 g/mol. The van der Waals surface area contributed by atoms with Crippen LogP contribution in [0, 0.1) is 0 Å². The van der Waals surface area contributed by atoms with Gasteiger partial charge < -0.3 is 20.2 Å². The van der Waals surface area contributed by atoms with Crippen molar-refractivity contribution in [2.24, 2.45) is 0 Å². The molecule has 1 aliphatic rings. The van der Waals surface area contributed by atoms with Gasteiger partial charge in [0, 0.05) is 45.6 Å². The fraction of sp³-hybridized carbons (Fsp3) is 0.786. The maximum Gasteiger partial charge on any atom is 0.317 e. The minimum absolute atomic E-state index is 0.0410. The molecular formula is C14H25N3O4. The van der Waals surface area contributed by atoms with Crippen LogP contribution in [0.15, 0.2) is 0 Å². The topological polar surface area (TPSA) is 90.0 Å². The number of carbonyl (C=O) groups is 3. The molecule has 0 aliphatic carbocycles. The molecule has 120 valence electrons. The van der Waals surface area contributed by atoms with Crippen LogP contribution >= 0.6 is 0 Å². The summed E-state index contributed by atoms with van der Waals surface area (Å²) in [6, 6.07) is -0.188. The number of carboxylic acids is 1. The summed E-state index contributed by atoms with van der Waals surface area (Å²) in [5.41, 5.74) is 0. The van der Waals surface area contributed by atoms with Gasteiger partial charge in [0.05, 0.1) is 0 Å². The Morgan fingerprint density at radius 2 is 1.76 bits per heavy atom. The average molecular weight is 299 g/mol. The molecule has 21 heavy (non-hydrogen) atoms. The average Bonchev–Trinajstić information content (AvgIpc) is 2.63. The summed E-state index contributed by atoms with van der Waals surface area (Å²) in [5.74, 6) is -0.773. The van der Waals surface area contributed by atoms with E-state index in [9.17, 15) is 14.4 Å². The van der Waals surface area contributed by atoms with E-state index in [-0.39, 0.29) is 24.4 Å². The zero-order chi connectivity index (χ0) is 15.8. The maximum atomic E-state index is 12.1. The third kappa shape index (κ3) is 6.46. The highest BCUT2D eigenvalue weighted by Gasteiger charge is 2.21. The predicted octanol–water partition coefficient (Wildman–Crippen LogP) is 0.894. The number of carboxylic acid groups (broad SMARTS) is 1. The molecule has 7 nitrogen and oxygen atoms in total. The Balaban J connectivity index is 2.34. The van der Waals surface area contributed by atoms with Crippen molar-refractivity contribution in [3.63, 3.8) is 0 Å². The Bertz CT molecular complexity index is 386. The Morgan fingerprint density at radius 1 is 1.14 bits per heavy atom. The first kappa shape index (κ1) is 17.3. The molecule has 1 saturated heterocycles. The van der Waals surface area contributed by atoms with Crippen LogP contribution in [-0.4, -0.2) is 65.0 Å². The number of carbonyl (C=O) groups excluding carboxylic acids is 2. The molecule has 0 aromatic carbocycles. The van der Waals surface area contributed by atoms with Crippen molar-refractivity contribution in [3.05, 3.63) is 0 Å². The minimum Gasteiger partial charge on any atom is -0.481 e. The number of aliphatic carboxylic acids is 1. The van der Waals surface area contributed by atoms with E-state index in [2.05, 4.69) is 5.32 Å². The summed E-state index contributed by atoms with van der Waals surface area (Å²) in [5, 5.41) is 11.5. The van der Waals surface area contributed by atoms with Crippen molar-refractivity contribution in [1.29, 1.82) is 0 Å². The van der Waals surface area contributed by atoms with Gasteiger partial charge in [0.2, 0.25) is 5.91 Å². The lowest BCUT2D eigenvalue weighted by Gasteiger charge is -2.24. The molecule has 1 unspecified atom stereocenters. The second kappa shape index (κ2) is 8.49. The summed E-state index contributed by atoms with van der Waals surface area (Å²) in [7, 11) is 0. The van der Waals surface area contributed by atoms with Crippen molar-refractivity contribution in [1.82, 2.24) is 15.1 Å². The van der Waals surface area contributed by atoms with E-state index in [0.29, 0.717) is 39.0 Å². The van der Waals surface area contributed by atoms with Crippen LogP contribution in [0.5, 0.6) is 0 Å². The second-order valence-corrected chi connectivity index (χ2v) is 5.48. The van der Waals surface area contributed by atoms with Gasteiger partial charge in [-0.25, -0.2) is 4.79 Å². The number of nitrogens with zero attached hydrogens (tertiary/aromatic N) is 2. The smallest absolute Gasteiger partial charge is 0.317 e. The van der Waals surface area contributed by atoms with Crippen LogP contribution in [-0.2, 0) is 9.59 Å².